The van der Waals surface area contributed by atoms with Crippen molar-refractivity contribution in [3.63, 3.8) is 0 Å². The molecular weight excluding hydrogens is 459 g/mol. The number of hydrogen-bond donors (Lipinski definition) is 0. The summed E-state index contributed by atoms with van der Waals surface area (Å²) in [5, 5.41) is 0. The van der Waals surface area contributed by atoms with Crippen molar-refractivity contribution in [2.75, 3.05) is 20.5 Å². The Labute approximate surface area is 165 Å². The van der Waals surface area contributed by atoms with Gasteiger partial charge in [0.15, 0.2) is 0 Å². The molecule has 156 valence electrons. The Morgan fingerprint density at radius 2 is 1.23 bits per heavy atom. The molecule has 0 heterocycles. The molecule has 0 aromatic carbocycles. The van der Waals surface area contributed by atoms with Crippen molar-refractivity contribution in [3.8, 4) is 0 Å². The summed E-state index contributed by atoms with van der Waals surface area (Å²) in [7, 11) is -0.230. The molecule has 0 radical (unpaired) electrons. The zero-order valence-electron chi connectivity index (χ0n) is 17.7. The summed E-state index contributed by atoms with van der Waals surface area (Å²) in [5.74, 6) is -0.683. The van der Waals surface area contributed by atoms with Crippen LogP contribution in [0.25, 0.3) is 0 Å². The molecule has 0 unspecified atom stereocenters. The fourth-order valence-corrected chi connectivity index (χ4v) is 26.8. The second kappa shape index (κ2) is 10.4. The molecule has 0 bridgehead atoms. The number of unbranched alkanes of at least 4 members (excludes halogenated alkanes) is 3. The fourth-order valence-electron chi connectivity index (χ4n) is 4.61. The van der Waals surface area contributed by atoms with Gasteiger partial charge in [-0.05, 0) is 0 Å². The Morgan fingerprint density at radius 3 is 1.50 bits per heavy atom. The molecule has 0 atom stereocenters. The predicted octanol–water partition coefficient (Wildman–Crippen LogP) is 4.87. The Balaban J connectivity index is 3.33. The molecule has 0 spiro atoms. The third-order valence-electron chi connectivity index (χ3n) is 6.16. The monoisotopic (exact) mass is 500 g/mol. The Hall–Kier alpha value is 0.629. The van der Waals surface area contributed by atoms with Crippen LogP contribution in [0.2, 0.25) is 13.3 Å². The van der Waals surface area contributed by atoms with E-state index in [1.165, 1.54) is 38.8 Å². The molecule has 7 heteroatoms. The summed E-state index contributed by atoms with van der Waals surface area (Å²) in [6, 6.07) is 0. The van der Waals surface area contributed by atoms with E-state index < -0.39 is 37.9 Å². The molecule has 1 aliphatic rings. The molecule has 0 amide bonds. The van der Waals surface area contributed by atoms with Crippen LogP contribution in [-0.4, -0.2) is 56.7 Å². The molecule has 0 aliphatic heterocycles. The van der Waals surface area contributed by atoms with Gasteiger partial charge in [-0.25, -0.2) is 0 Å². The first-order valence-corrected chi connectivity index (χ1v) is 19.5. The van der Waals surface area contributed by atoms with Gasteiger partial charge in [-0.15, -0.1) is 0 Å². The number of methoxy groups -OCH3 is 2. The fraction of sp³-hybridized carbons (Fsp3) is 1.00. The van der Waals surface area contributed by atoms with E-state index in [4.69, 9.17) is 13.7 Å². The average Bonchev–Trinajstić information content (AvgIpc) is 2.56. The second-order valence-corrected chi connectivity index (χ2v) is 23.8. The molecule has 0 aromatic rings. The molecule has 1 rings (SSSR count). The normalized spacial score (nSPS) is 19.3. The predicted molar refractivity (Wildman–Crippen MR) is 110 cm³/mol. The van der Waals surface area contributed by atoms with E-state index in [2.05, 4.69) is 20.8 Å². The Bertz CT molecular complexity index is 486. The van der Waals surface area contributed by atoms with Crippen LogP contribution >= 0.6 is 0 Å². The van der Waals surface area contributed by atoms with Gasteiger partial charge in [0.1, 0.15) is 0 Å². The zero-order chi connectivity index (χ0) is 19.9. The first kappa shape index (κ1) is 24.7. The topological polar surface area (TPSA) is 61.8 Å². The Morgan fingerprint density at radius 1 is 0.846 bits per heavy atom. The quantitative estimate of drug-likeness (QED) is 0.194. The van der Waals surface area contributed by atoms with Crippen LogP contribution in [0.3, 0.4) is 0 Å². The number of rotatable bonds is 14. The van der Waals surface area contributed by atoms with E-state index in [1.807, 2.05) is 0 Å². The summed E-state index contributed by atoms with van der Waals surface area (Å²) in [6.07, 6.45) is 9.27. The van der Waals surface area contributed by atoms with Gasteiger partial charge >= 0.3 is 166 Å². The van der Waals surface area contributed by atoms with Gasteiger partial charge in [-0.1, -0.05) is 0 Å². The molecule has 0 saturated heterocycles. The van der Waals surface area contributed by atoms with Crippen molar-refractivity contribution in [1.82, 2.24) is 0 Å². The van der Waals surface area contributed by atoms with E-state index in [9.17, 15) is 8.42 Å². The van der Waals surface area contributed by atoms with Crippen molar-refractivity contribution >= 4 is 28.5 Å². The summed E-state index contributed by atoms with van der Waals surface area (Å²) in [4.78, 5) is 0. The molecule has 1 fully saturated rings. The summed E-state index contributed by atoms with van der Waals surface area (Å²) in [6.45, 7) is 6.65. The number of ether oxygens (including phenoxy) is 2. The summed E-state index contributed by atoms with van der Waals surface area (Å²) in [5.41, 5.74) is 0. The summed E-state index contributed by atoms with van der Waals surface area (Å²) >= 11 is -2.97. The first-order chi connectivity index (χ1) is 12.2. The van der Waals surface area contributed by atoms with Crippen molar-refractivity contribution in [3.05, 3.63) is 0 Å². The SMILES string of the molecule is CCC[CH2][Sn]([CH2]CCC)([CH2]CCC)[C]1(OS(C)(=O)=O)CC(OC)(OC)C1. The van der Waals surface area contributed by atoms with Crippen LogP contribution in [-0.2, 0) is 23.8 Å². The standard InChI is InChI=1S/C7H13O5S.3C4H9.Sn/c1-10-7(11-2)4-6(5-7)12-13(3,8)9;3*1-3-4-2;/h4-5H2,1-3H3;3*1,3-4H2,2H3;. The van der Waals surface area contributed by atoms with Crippen LogP contribution in [0, 0.1) is 0 Å². The van der Waals surface area contributed by atoms with Crippen molar-refractivity contribution in [1.29, 1.82) is 0 Å². The minimum atomic E-state index is -3.53. The van der Waals surface area contributed by atoms with Crippen LogP contribution in [0.5, 0.6) is 0 Å². The van der Waals surface area contributed by atoms with Crippen molar-refractivity contribution in [2.45, 2.75) is 94.9 Å². The maximum absolute atomic E-state index is 12.2. The Kier molecular flexibility index (Phi) is 9.88. The average molecular weight is 499 g/mol. The maximum atomic E-state index is 12.2. The second-order valence-electron chi connectivity index (χ2n) is 8.05. The molecule has 0 N–H and O–H groups in total. The van der Waals surface area contributed by atoms with E-state index in [1.54, 1.807) is 14.2 Å². The van der Waals surface area contributed by atoms with Gasteiger partial charge in [0, 0.05) is 0 Å². The minimum absolute atomic E-state index is 0.520. The van der Waals surface area contributed by atoms with Gasteiger partial charge in [0.25, 0.3) is 0 Å². The van der Waals surface area contributed by atoms with Gasteiger partial charge in [-0.3, -0.25) is 0 Å². The van der Waals surface area contributed by atoms with E-state index in [0.717, 1.165) is 19.3 Å². The van der Waals surface area contributed by atoms with Crippen molar-refractivity contribution in [2.24, 2.45) is 0 Å². The van der Waals surface area contributed by atoms with Gasteiger partial charge in [0.05, 0.1) is 0 Å². The van der Waals surface area contributed by atoms with Gasteiger partial charge < -0.3 is 0 Å². The van der Waals surface area contributed by atoms with Gasteiger partial charge in [-0.2, -0.15) is 0 Å². The van der Waals surface area contributed by atoms with Crippen LogP contribution in [0.1, 0.15) is 72.1 Å². The third kappa shape index (κ3) is 5.81. The zero-order valence-corrected chi connectivity index (χ0v) is 21.4. The molecule has 26 heavy (non-hydrogen) atoms. The van der Waals surface area contributed by atoms with Gasteiger partial charge in [0.2, 0.25) is 0 Å². The van der Waals surface area contributed by atoms with Crippen LogP contribution < -0.4 is 0 Å². The van der Waals surface area contributed by atoms with Crippen LogP contribution in [0.4, 0.5) is 0 Å². The molecule has 0 aromatic heterocycles. The van der Waals surface area contributed by atoms with E-state index in [-0.39, 0.29) is 0 Å². The van der Waals surface area contributed by atoms with Crippen LogP contribution in [0.15, 0.2) is 0 Å². The molecule has 1 saturated carbocycles. The van der Waals surface area contributed by atoms with E-state index >= 15 is 0 Å². The number of hydrogen-bond acceptors (Lipinski definition) is 5. The van der Waals surface area contributed by atoms with Crippen molar-refractivity contribution < 1.29 is 22.1 Å². The molecular formula is C19H40O5SSn. The first-order valence-electron chi connectivity index (χ1n) is 10.2. The summed E-state index contributed by atoms with van der Waals surface area (Å²) < 4.78 is 44.8. The third-order valence-corrected chi connectivity index (χ3v) is 25.2. The molecule has 5 nitrogen and oxygen atoms in total. The van der Waals surface area contributed by atoms with E-state index in [0.29, 0.717) is 12.8 Å². The molecule has 1 aliphatic carbocycles.